The van der Waals surface area contributed by atoms with Crippen LogP contribution < -0.4 is 5.56 Å². The number of ether oxygens (including phenoxy) is 1. The van der Waals surface area contributed by atoms with Crippen LogP contribution in [0.3, 0.4) is 0 Å². The van der Waals surface area contributed by atoms with Gasteiger partial charge in [-0.1, -0.05) is 0 Å². The van der Waals surface area contributed by atoms with E-state index in [-0.39, 0.29) is 0 Å². The third-order valence-electron chi connectivity index (χ3n) is 2.60. The number of rotatable bonds is 1. The summed E-state index contributed by atoms with van der Waals surface area (Å²) in [7, 11) is 0. The summed E-state index contributed by atoms with van der Waals surface area (Å²) in [5, 5.41) is 3.66. The van der Waals surface area contributed by atoms with E-state index in [9.17, 15) is 18.0 Å². The van der Waals surface area contributed by atoms with Crippen molar-refractivity contribution in [1.82, 2.24) is 9.78 Å². The second-order valence-corrected chi connectivity index (χ2v) is 3.81. The molecule has 1 unspecified atom stereocenters. The fourth-order valence-corrected chi connectivity index (χ4v) is 1.76. The molecule has 0 N–H and O–H groups in total. The lowest BCUT2D eigenvalue weighted by Crippen LogP contribution is -2.35. The van der Waals surface area contributed by atoms with E-state index in [0.29, 0.717) is 19.1 Å². The van der Waals surface area contributed by atoms with Gasteiger partial charge in [0.25, 0.3) is 5.56 Å². The van der Waals surface area contributed by atoms with E-state index in [1.807, 2.05) is 0 Å². The molecule has 0 saturated carbocycles. The summed E-state index contributed by atoms with van der Waals surface area (Å²) in [4.78, 5) is 11.6. The highest BCUT2D eigenvalue weighted by molar-refractivity contribution is 5.11. The highest BCUT2D eigenvalue weighted by atomic mass is 19.4. The number of hydrogen-bond donors (Lipinski definition) is 0. The van der Waals surface area contributed by atoms with Crippen LogP contribution in [-0.4, -0.2) is 16.4 Å². The molecule has 1 saturated heterocycles. The van der Waals surface area contributed by atoms with E-state index in [0.717, 1.165) is 23.7 Å². The maximum absolute atomic E-state index is 12.5. The van der Waals surface area contributed by atoms with Gasteiger partial charge < -0.3 is 4.74 Å². The van der Waals surface area contributed by atoms with Crippen molar-refractivity contribution in [2.45, 2.75) is 31.7 Å². The predicted molar refractivity (Wildman–Crippen MR) is 52.3 cm³/mol. The molecule has 0 amide bonds. The molecule has 2 heterocycles. The van der Waals surface area contributed by atoms with E-state index in [4.69, 9.17) is 4.74 Å². The number of halogens is 3. The molecule has 0 aliphatic carbocycles. The first-order valence-corrected chi connectivity index (χ1v) is 5.27. The van der Waals surface area contributed by atoms with Crippen molar-refractivity contribution >= 4 is 0 Å². The molecule has 1 fully saturated rings. The van der Waals surface area contributed by atoms with Gasteiger partial charge in [0.1, 0.15) is 5.56 Å². The summed E-state index contributed by atoms with van der Waals surface area (Å²) in [6.07, 6.45) is -2.19. The molecule has 1 aromatic rings. The molecule has 1 aromatic heterocycles. The van der Waals surface area contributed by atoms with Gasteiger partial charge in [-0.2, -0.15) is 18.3 Å². The van der Waals surface area contributed by atoms with Crippen molar-refractivity contribution in [2.75, 3.05) is 6.61 Å². The zero-order valence-electron chi connectivity index (χ0n) is 8.91. The Morgan fingerprint density at radius 2 is 2.18 bits per heavy atom. The van der Waals surface area contributed by atoms with Crippen molar-refractivity contribution in [3.63, 3.8) is 0 Å². The van der Waals surface area contributed by atoms with Gasteiger partial charge in [-0.05, 0) is 25.3 Å². The highest BCUT2D eigenvalue weighted by Gasteiger charge is 2.35. The van der Waals surface area contributed by atoms with Gasteiger partial charge in [0.2, 0.25) is 0 Å². The van der Waals surface area contributed by atoms with Gasteiger partial charge in [0.15, 0.2) is 6.23 Å². The SMILES string of the molecule is O=c1c(C(F)(F)F)ccnn1C1CCCCO1. The van der Waals surface area contributed by atoms with Crippen LogP contribution in [-0.2, 0) is 10.9 Å². The molecular weight excluding hydrogens is 237 g/mol. The monoisotopic (exact) mass is 248 g/mol. The molecule has 1 aliphatic rings. The second kappa shape index (κ2) is 4.48. The quantitative estimate of drug-likeness (QED) is 0.763. The molecule has 2 rings (SSSR count). The van der Waals surface area contributed by atoms with Gasteiger partial charge in [-0.3, -0.25) is 4.79 Å². The molecule has 1 aliphatic heterocycles. The minimum absolute atomic E-state index is 0.440. The zero-order valence-corrected chi connectivity index (χ0v) is 8.91. The molecule has 0 radical (unpaired) electrons. The first kappa shape index (κ1) is 12.1. The lowest BCUT2D eigenvalue weighted by molar-refractivity contribution is -0.140. The first-order valence-electron chi connectivity index (χ1n) is 5.27. The van der Waals surface area contributed by atoms with Crippen molar-refractivity contribution in [3.8, 4) is 0 Å². The van der Waals surface area contributed by atoms with E-state index < -0.39 is 23.5 Å². The Morgan fingerprint density at radius 3 is 2.76 bits per heavy atom. The summed E-state index contributed by atoms with van der Waals surface area (Å²) in [5.74, 6) is 0. The third kappa shape index (κ3) is 2.49. The molecule has 0 aromatic carbocycles. The smallest absolute Gasteiger partial charge is 0.356 e. The Hall–Kier alpha value is -1.37. The fraction of sp³-hybridized carbons (Fsp3) is 0.600. The van der Waals surface area contributed by atoms with Crippen LogP contribution in [0.5, 0.6) is 0 Å². The second-order valence-electron chi connectivity index (χ2n) is 3.81. The maximum atomic E-state index is 12.5. The zero-order chi connectivity index (χ0) is 12.5. The van der Waals surface area contributed by atoms with Gasteiger partial charge in [0.05, 0.1) is 0 Å². The normalized spacial score (nSPS) is 21.5. The topological polar surface area (TPSA) is 44.1 Å². The molecular formula is C10H11F3N2O2. The van der Waals surface area contributed by atoms with E-state index in [1.165, 1.54) is 0 Å². The molecule has 7 heteroatoms. The van der Waals surface area contributed by atoms with Gasteiger partial charge in [-0.25, -0.2) is 4.68 Å². The Morgan fingerprint density at radius 1 is 1.41 bits per heavy atom. The molecule has 0 spiro atoms. The van der Waals surface area contributed by atoms with Crippen LogP contribution in [0.4, 0.5) is 13.2 Å². The minimum Gasteiger partial charge on any atom is -0.356 e. The van der Waals surface area contributed by atoms with E-state index in [1.54, 1.807) is 0 Å². The predicted octanol–water partition coefficient (Wildman–Crippen LogP) is 1.96. The largest absolute Gasteiger partial charge is 0.421 e. The molecule has 4 nitrogen and oxygen atoms in total. The summed E-state index contributed by atoms with van der Waals surface area (Å²) < 4.78 is 43.6. The average molecular weight is 248 g/mol. The molecule has 0 bridgehead atoms. The fourth-order valence-electron chi connectivity index (χ4n) is 1.76. The standard InChI is InChI=1S/C10H11F3N2O2/c11-10(12,13)7-4-5-14-15(9(7)16)8-3-1-2-6-17-8/h4-5,8H,1-3,6H2. The Balaban J connectivity index is 2.38. The number of nitrogens with zero attached hydrogens (tertiary/aromatic N) is 2. The number of hydrogen-bond acceptors (Lipinski definition) is 3. The lowest BCUT2D eigenvalue weighted by atomic mass is 10.2. The average Bonchev–Trinajstić information content (AvgIpc) is 2.29. The van der Waals surface area contributed by atoms with E-state index in [2.05, 4.69) is 5.10 Å². The van der Waals surface area contributed by atoms with Crippen LogP contribution >= 0.6 is 0 Å². The minimum atomic E-state index is -4.66. The Kier molecular flexibility index (Phi) is 3.19. The summed E-state index contributed by atoms with van der Waals surface area (Å²) in [5.41, 5.74) is -2.35. The van der Waals surface area contributed by atoms with Gasteiger partial charge >= 0.3 is 6.18 Å². The first-order chi connectivity index (χ1) is 8.00. The molecule has 17 heavy (non-hydrogen) atoms. The van der Waals surface area contributed by atoms with Crippen LogP contribution in [0.1, 0.15) is 31.1 Å². The Labute approximate surface area is 95.0 Å². The summed E-state index contributed by atoms with van der Waals surface area (Å²) >= 11 is 0. The van der Waals surface area contributed by atoms with Crippen molar-refractivity contribution in [3.05, 3.63) is 28.2 Å². The van der Waals surface area contributed by atoms with Gasteiger partial charge in [-0.15, -0.1) is 0 Å². The number of aromatic nitrogens is 2. The highest BCUT2D eigenvalue weighted by Crippen LogP contribution is 2.27. The van der Waals surface area contributed by atoms with Crippen LogP contribution in [0.15, 0.2) is 17.1 Å². The third-order valence-corrected chi connectivity index (χ3v) is 2.60. The Bertz CT molecular complexity index is 450. The van der Waals surface area contributed by atoms with E-state index >= 15 is 0 Å². The molecule has 1 atom stereocenters. The van der Waals surface area contributed by atoms with Crippen LogP contribution in [0.2, 0.25) is 0 Å². The van der Waals surface area contributed by atoms with Crippen molar-refractivity contribution < 1.29 is 17.9 Å². The van der Waals surface area contributed by atoms with Gasteiger partial charge in [0, 0.05) is 12.8 Å². The lowest BCUT2D eigenvalue weighted by Gasteiger charge is -2.23. The number of alkyl halides is 3. The van der Waals surface area contributed by atoms with Crippen LogP contribution in [0.25, 0.3) is 0 Å². The maximum Gasteiger partial charge on any atom is 0.421 e. The molecule has 94 valence electrons. The van der Waals surface area contributed by atoms with Crippen molar-refractivity contribution in [2.24, 2.45) is 0 Å². The summed E-state index contributed by atoms with van der Waals surface area (Å²) in [6, 6.07) is 0.682. The van der Waals surface area contributed by atoms with Crippen LogP contribution in [0, 0.1) is 0 Å². The van der Waals surface area contributed by atoms with Crippen molar-refractivity contribution in [1.29, 1.82) is 0 Å². The summed E-state index contributed by atoms with van der Waals surface area (Å²) in [6.45, 7) is 0.440.